The van der Waals surface area contributed by atoms with E-state index in [-0.39, 0.29) is 0 Å². The van der Waals surface area contributed by atoms with Crippen LogP contribution in [0.4, 0.5) is 23.0 Å². The van der Waals surface area contributed by atoms with Gasteiger partial charge in [-0.15, -0.1) is 0 Å². The zero-order valence-electron chi connectivity index (χ0n) is 18.1. The first kappa shape index (κ1) is 20.0. The lowest BCUT2D eigenvalue weighted by Crippen LogP contribution is -2.46. The molecular weight excluding hydrogens is 360 g/mol. The van der Waals surface area contributed by atoms with E-state index < -0.39 is 0 Å². The average Bonchev–Trinajstić information content (AvgIpc) is 2.75. The van der Waals surface area contributed by atoms with Crippen molar-refractivity contribution in [3.8, 4) is 0 Å². The second kappa shape index (κ2) is 8.99. The van der Waals surface area contributed by atoms with Crippen molar-refractivity contribution in [1.29, 1.82) is 0 Å². The Labute approximate surface area is 174 Å². The molecule has 29 heavy (non-hydrogen) atoms. The van der Waals surface area contributed by atoms with Crippen molar-refractivity contribution in [1.82, 2.24) is 14.9 Å². The second-order valence-corrected chi connectivity index (χ2v) is 8.42. The van der Waals surface area contributed by atoms with Gasteiger partial charge in [0.2, 0.25) is 0 Å². The van der Waals surface area contributed by atoms with Gasteiger partial charge in [-0.05, 0) is 56.5 Å². The van der Waals surface area contributed by atoms with Gasteiger partial charge >= 0.3 is 0 Å². The Hall–Kier alpha value is -2.34. The molecule has 1 N–H and O–H groups in total. The summed E-state index contributed by atoms with van der Waals surface area (Å²) < 4.78 is 0. The van der Waals surface area contributed by atoms with E-state index in [1.54, 1.807) is 0 Å². The lowest BCUT2D eigenvalue weighted by Gasteiger charge is -2.34. The number of aryl methyl sites for hydroxylation is 1. The standard InChI is InChI=1S/C23H34N6/c1-4-27-13-15-29(16-14-27)23-17-22(24-19(3)25-23)26-20-5-7-21(8-6-20)28-11-9-18(2)10-12-28/h5-8,17-18H,4,9-16H2,1-3H3,(H,24,25,26). The van der Waals surface area contributed by atoms with Gasteiger partial charge in [0, 0.05) is 56.7 Å². The largest absolute Gasteiger partial charge is 0.372 e. The minimum Gasteiger partial charge on any atom is -0.372 e. The molecule has 1 aromatic carbocycles. The molecule has 0 spiro atoms. The molecule has 2 saturated heterocycles. The summed E-state index contributed by atoms with van der Waals surface area (Å²) in [5.74, 6) is 3.55. The van der Waals surface area contributed by atoms with Crippen molar-refractivity contribution in [3.05, 3.63) is 36.2 Å². The third-order valence-corrected chi connectivity index (χ3v) is 6.26. The maximum absolute atomic E-state index is 4.68. The molecule has 3 heterocycles. The number of anilines is 4. The molecule has 2 aliphatic rings. The van der Waals surface area contributed by atoms with Gasteiger partial charge in [0.25, 0.3) is 0 Å². The number of rotatable bonds is 5. The minimum absolute atomic E-state index is 0.807. The fourth-order valence-corrected chi connectivity index (χ4v) is 4.24. The third-order valence-electron chi connectivity index (χ3n) is 6.26. The number of piperidine rings is 1. The Morgan fingerprint density at radius 3 is 2.28 bits per heavy atom. The summed E-state index contributed by atoms with van der Waals surface area (Å²) in [6.07, 6.45) is 2.57. The van der Waals surface area contributed by atoms with Crippen molar-refractivity contribution >= 4 is 23.0 Å². The van der Waals surface area contributed by atoms with Crippen molar-refractivity contribution < 1.29 is 0 Å². The van der Waals surface area contributed by atoms with Crippen molar-refractivity contribution in [3.63, 3.8) is 0 Å². The van der Waals surface area contributed by atoms with E-state index in [1.165, 1.54) is 18.5 Å². The Kier molecular flexibility index (Phi) is 6.19. The van der Waals surface area contributed by atoms with Crippen molar-refractivity contribution in [2.45, 2.75) is 33.6 Å². The second-order valence-electron chi connectivity index (χ2n) is 8.42. The van der Waals surface area contributed by atoms with Crippen LogP contribution in [0.3, 0.4) is 0 Å². The van der Waals surface area contributed by atoms with Crippen LogP contribution >= 0.6 is 0 Å². The van der Waals surface area contributed by atoms with Gasteiger partial charge in [-0.3, -0.25) is 0 Å². The SMILES string of the molecule is CCN1CCN(c2cc(Nc3ccc(N4CCC(C)CC4)cc3)nc(C)n2)CC1. The fraction of sp³-hybridized carbons (Fsp3) is 0.565. The summed E-state index contributed by atoms with van der Waals surface area (Å²) in [7, 11) is 0. The first-order valence-corrected chi connectivity index (χ1v) is 11.1. The number of nitrogens with one attached hydrogen (secondary N) is 1. The Morgan fingerprint density at radius 1 is 0.931 bits per heavy atom. The highest BCUT2D eigenvalue weighted by Crippen LogP contribution is 2.26. The van der Waals surface area contributed by atoms with E-state index in [1.807, 2.05) is 6.92 Å². The Balaban J connectivity index is 1.42. The maximum atomic E-state index is 4.68. The highest BCUT2D eigenvalue weighted by Gasteiger charge is 2.18. The highest BCUT2D eigenvalue weighted by molar-refractivity contribution is 5.63. The van der Waals surface area contributed by atoms with Crippen LogP contribution in [0, 0.1) is 12.8 Å². The van der Waals surface area contributed by atoms with Crippen LogP contribution in [0.1, 0.15) is 32.5 Å². The van der Waals surface area contributed by atoms with Gasteiger partial charge in [0.15, 0.2) is 0 Å². The van der Waals surface area contributed by atoms with Gasteiger partial charge in [0.05, 0.1) is 0 Å². The zero-order chi connectivity index (χ0) is 20.2. The molecule has 6 heteroatoms. The predicted molar refractivity (Wildman–Crippen MR) is 121 cm³/mol. The highest BCUT2D eigenvalue weighted by atomic mass is 15.3. The number of hydrogen-bond acceptors (Lipinski definition) is 6. The van der Waals surface area contributed by atoms with Crippen LogP contribution in [0.2, 0.25) is 0 Å². The molecule has 156 valence electrons. The molecular formula is C23H34N6. The Morgan fingerprint density at radius 2 is 1.62 bits per heavy atom. The summed E-state index contributed by atoms with van der Waals surface area (Å²) in [6.45, 7) is 14.2. The molecule has 0 amide bonds. The molecule has 6 nitrogen and oxygen atoms in total. The first-order chi connectivity index (χ1) is 14.1. The topological polar surface area (TPSA) is 47.5 Å². The van der Waals surface area contributed by atoms with Gasteiger partial charge in [0.1, 0.15) is 17.5 Å². The van der Waals surface area contributed by atoms with Crippen LogP contribution in [0.15, 0.2) is 30.3 Å². The van der Waals surface area contributed by atoms with Crippen LogP contribution in [-0.4, -0.2) is 60.7 Å². The molecule has 2 fully saturated rings. The van der Waals surface area contributed by atoms with E-state index in [4.69, 9.17) is 0 Å². The van der Waals surface area contributed by atoms with Gasteiger partial charge in [-0.1, -0.05) is 13.8 Å². The molecule has 2 aromatic rings. The monoisotopic (exact) mass is 394 g/mol. The molecule has 4 rings (SSSR count). The average molecular weight is 395 g/mol. The Bertz CT molecular complexity index is 790. The molecule has 0 saturated carbocycles. The van der Waals surface area contributed by atoms with E-state index >= 15 is 0 Å². The van der Waals surface area contributed by atoms with Crippen LogP contribution < -0.4 is 15.1 Å². The lowest BCUT2D eigenvalue weighted by molar-refractivity contribution is 0.270. The molecule has 0 radical (unpaired) electrons. The van der Waals surface area contributed by atoms with Gasteiger partial charge < -0.3 is 20.0 Å². The lowest BCUT2D eigenvalue weighted by atomic mass is 9.99. The van der Waals surface area contributed by atoms with Crippen LogP contribution in [-0.2, 0) is 0 Å². The molecule has 2 aliphatic heterocycles. The van der Waals surface area contributed by atoms with E-state index in [9.17, 15) is 0 Å². The molecule has 1 aromatic heterocycles. The zero-order valence-corrected chi connectivity index (χ0v) is 18.1. The van der Waals surface area contributed by atoms with Crippen molar-refractivity contribution in [2.24, 2.45) is 5.92 Å². The van der Waals surface area contributed by atoms with Crippen LogP contribution in [0.5, 0.6) is 0 Å². The minimum atomic E-state index is 0.807. The van der Waals surface area contributed by atoms with E-state index in [0.29, 0.717) is 0 Å². The summed E-state index contributed by atoms with van der Waals surface area (Å²) in [5, 5.41) is 3.47. The van der Waals surface area contributed by atoms with E-state index in [2.05, 4.69) is 74.2 Å². The predicted octanol–water partition coefficient (Wildman–Crippen LogP) is 3.91. The summed E-state index contributed by atoms with van der Waals surface area (Å²) in [5.41, 5.74) is 2.38. The quantitative estimate of drug-likeness (QED) is 0.830. The summed E-state index contributed by atoms with van der Waals surface area (Å²) in [4.78, 5) is 16.6. The van der Waals surface area contributed by atoms with Gasteiger partial charge in [-0.2, -0.15) is 0 Å². The van der Waals surface area contributed by atoms with Crippen molar-refractivity contribution in [2.75, 3.05) is 60.9 Å². The third kappa shape index (κ3) is 4.99. The van der Waals surface area contributed by atoms with Gasteiger partial charge in [-0.25, -0.2) is 9.97 Å². The smallest absolute Gasteiger partial charge is 0.136 e. The normalized spacial score (nSPS) is 18.9. The summed E-state index contributed by atoms with van der Waals surface area (Å²) >= 11 is 0. The number of piperazine rings is 1. The maximum Gasteiger partial charge on any atom is 0.136 e. The molecule has 0 atom stereocenters. The molecule has 0 aliphatic carbocycles. The van der Waals surface area contributed by atoms with Crippen LogP contribution in [0.25, 0.3) is 0 Å². The number of hydrogen-bond donors (Lipinski definition) is 1. The number of benzene rings is 1. The molecule has 0 unspecified atom stereocenters. The number of aromatic nitrogens is 2. The number of likely N-dealkylation sites (N-methyl/N-ethyl adjacent to an activating group) is 1. The molecule has 0 bridgehead atoms. The first-order valence-electron chi connectivity index (χ1n) is 11.1. The summed E-state index contributed by atoms with van der Waals surface area (Å²) in [6, 6.07) is 10.8. The fourth-order valence-electron chi connectivity index (χ4n) is 4.24. The number of nitrogens with zero attached hydrogens (tertiary/aromatic N) is 5. The van der Waals surface area contributed by atoms with E-state index in [0.717, 1.165) is 74.9 Å².